The Labute approximate surface area is 205 Å². The highest BCUT2D eigenvalue weighted by Crippen LogP contribution is 2.26. The minimum Gasteiger partial charge on any atom is -0.497 e. The van der Waals surface area contributed by atoms with Crippen molar-refractivity contribution < 1.29 is 23.9 Å². The van der Waals surface area contributed by atoms with Gasteiger partial charge in [0.1, 0.15) is 17.3 Å². The van der Waals surface area contributed by atoms with Crippen LogP contribution in [0.15, 0.2) is 53.7 Å². The molecule has 1 aliphatic rings. The molecule has 11 nitrogen and oxygen atoms in total. The molecule has 35 heavy (non-hydrogen) atoms. The number of carbonyl (C=O) groups is 3. The first-order valence-electron chi connectivity index (χ1n) is 10.7. The maximum Gasteiger partial charge on any atom is 0.321 e. The Morgan fingerprint density at radius 2 is 1.89 bits per heavy atom. The molecule has 1 aliphatic heterocycles. The first-order valence-corrected chi connectivity index (χ1v) is 11.7. The van der Waals surface area contributed by atoms with Gasteiger partial charge >= 0.3 is 6.03 Å². The molecule has 0 saturated carbocycles. The molecule has 0 spiro atoms. The molecule has 4 rings (SSSR count). The summed E-state index contributed by atoms with van der Waals surface area (Å²) in [5.41, 5.74) is 1.33. The summed E-state index contributed by atoms with van der Waals surface area (Å²) in [6.07, 6.45) is 0.414. The van der Waals surface area contributed by atoms with Crippen molar-refractivity contribution in [1.29, 1.82) is 0 Å². The van der Waals surface area contributed by atoms with Crippen molar-refractivity contribution in [3.8, 4) is 17.2 Å². The average molecular weight is 497 g/mol. The molecule has 3 N–H and O–H groups in total. The van der Waals surface area contributed by atoms with Crippen LogP contribution < -0.4 is 25.4 Å². The van der Waals surface area contributed by atoms with Crippen LogP contribution in [-0.2, 0) is 16.0 Å². The van der Waals surface area contributed by atoms with Gasteiger partial charge in [-0.25, -0.2) is 4.79 Å². The predicted molar refractivity (Wildman–Crippen MR) is 129 cm³/mol. The third-order valence-electron chi connectivity index (χ3n) is 5.19. The van der Waals surface area contributed by atoms with Crippen LogP contribution in [0, 0.1) is 0 Å². The second kappa shape index (κ2) is 10.9. The highest BCUT2D eigenvalue weighted by Gasteiger charge is 2.27. The first-order chi connectivity index (χ1) is 17.0. The van der Waals surface area contributed by atoms with Crippen LogP contribution in [0.25, 0.3) is 5.69 Å². The Morgan fingerprint density at radius 3 is 2.60 bits per heavy atom. The fourth-order valence-electron chi connectivity index (χ4n) is 3.60. The maximum absolute atomic E-state index is 12.6. The molecule has 3 aromatic rings. The molecule has 2 heterocycles. The number of imide groups is 1. The van der Waals surface area contributed by atoms with Crippen molar-refractivity contribution in [2.75, 3.05) is 25.3 Å². The predicted octanol–water partition coefficient (Wildman–Crippen LogP) is 2.16. The number of benzene rings is 2. The lowest BCUT2D eigenvalue weighted by Gasteiger charge is -2.23. The van der Waals surface area contributed by atoms with Gasteiger partial charge in [0.15, 0.2) is 5.16 Å². The number of ether oxygens (including phenoxy) is 2. The molecule has 1 aromatic heterocycles. The Balaban J connectivity index is 1.54. The van der Waals surface area contributed by atoms with E-state index in [2.05, 4.69) is 26.1 Å². The normalized spacial score (nSPS) is 15.2. The van der Waals surface area contributed by atoms with E-state index in [1.807, 2.05) is 24.3 Å². The molecule has 12 heteroatoms. The van der Waals surface area contributed by atoms with E-state index >= 15 is 0 Å². The number of rotatable bonds is 9. The Hall–Kier alpha value is -4.06. The van der Waals surface area contributed by atoms with Crippen LogP contribution in [0.5, 0.6) is 11.5 Å². The number of methoxy groups -OCH3 is 2. The summed E-state index contributed by atoms with van der Waals surface area (Å²) in [6, 6.07) is 13.5. The summed E-state index contributed by atoms with van der Waals surface area (Å²) in [5, 5.41) is 16.9. The number of para-hydroxylation sites is 2. The second-order valence-electron chi connectivity index (χ2n) is 7.60. The number of carbonyl (C=O) groups excluding carboxylic acids is 3. The van der Waals surface area contributed by atoms with Gasteiger partial charge in [0.25, 0.3) is 0 Å². The van der Waals surface area contributed by atoms with Gasteiger partial charge in [0.2, 0.25) is 11.8 Å². The average Bonchev–Trinajstić information content (AvgIpc) is 3.24. The number of amides is 4. The maximum atomic E-state index is 12.6. The van der Waals surface area contributed by atoms with Crippen molar-refractivity contribution in [2.24, 2.45) is 0 Å². The van der Waals surface area contributed by atoms with Gasteiger partial charge in [-0.15, -0.1) is 10.2 Å². The summed E-state index contributed by atoms with van der Waals surface area (Å²) >= 11 is 1.22. The van der Waals surface area contributed by atoms with Crippen molar-refractivity contribution >= 4 is 35.3 Å². The van der Waals surface area contributed by atoms with Gasteiger partial charge in [-0.3, -0.25) is 19.5 Å². The summed E-state index contributed by atoms with van der Waals surface area (Å²) in [5.74, 6) is 1.29. The van der Waals surface area contributed by atoms with E-state index in [1.54, 1.807) is 35.9 Å². The minimum atomic E-state index is -0.538. The second-order valence-corrected chi connectivity index (χ2v) is 8.54. The third-order valence-corrected chi connectivity index (χ3v) is 6.12. The fourth-order valence-corrected chi connectivity index (χ4v) is 4.37. The van der Waals surface area contributed by atoms with Crippen molar-refractivity contribution in [2.45, 2.75) is 24.0 Å². The van der Waals surface area contributed by atoms with E-state index in [1.165, 1.54) is 18.9 Å². The lowest BCUT2D eigenvalue weighted by atomic mass is 10.1. The van der Waals surface area contributed by atoms with Gasteiger partial charge < -0.3 is 20.1 Å². The molecular weight excluding hydrogens is 472 g/mol. The number of hydrogen-bond acceptors (Lipinski definition) is 8. The van der Waals surface area contributed by atoms with E-state index < -0.39 is 12.1 Å². The molecule has 0 radical (unpaired) electrons. The summed E-state index contributed by atoms with van der Waals surface area (Å²) in [7, 11) is 3.12. The van der Waals surface area contributed by atoms with Crippen LogP contribution in [0.1, 0.15) is 12.2 Å². The van der Waals surface area contributed by atoms with Crippen LogP contribution in [0.4, 0.5) is 10.5 Å². The first kappa shape index (κ1) is 24.1. The van der Waals surface area contributed by atoms with Gasteiger partial charge in [0, 0.05) is 24.6 Å². The molecule has 1 fully saturated rings. The SMILES string of the molecule is COc1ccc(-n2c(CC3CC(=O)NC(=O)N3)nnc2SCC(=O)Nc2ccccc2OC)cc1. The van der Waals surface area contributed by atoms with E-state index in [0.717, 1.165) is 5.69 Å². The number of aromatic nitrogens is 3. The van der Waals surface area contributed by atoms with Crippen LogP contribution >= 0.6 is 11.8 Å². The highest BCUT2D eigenvalue weighted by atomic mass is 32.2. The van der Waals surface area contributed by atoms with Crippen LogP contribution in [0.3, 0.4) is 0 Å². The number of hydrogen-bond donors (Lipinski definition) is 3. The molecule has 0 aliphatic carbocycles. The van der Waals surface area contributed by atoms with Gasteiger partial charge in [-0.1, -0.05) is 23.9 Å². The monoisotopic (exact) mass is 496 g/mol. The lowest BCUT2D eigenvalue weighted by molar-refractivity contribution is -0.121. The zero-order valence-corrected chi connectivity index (χ0v) is 19.9. The summed E-state index contributed by atoms with van der Waals surface area (Å²) in [4.78, 5) is 36.1. The van der Waals surface area contributed by atoms with Gasteiger partial charge in [-0.2, -0.15) is 0 Å². The molecule has 1 saturated heterocycles. The van der Waals surface area contributed by atoms with Gasteiger partial charge in [-0.05, 0) is 36.4 Å². The summed E-state index contributed by atoms with van der Waals surface area (Å²) < 4.78 is 12.3. The third kappa shape index (κ3) is 5.90. The standard InChI is InChI=1S/C23H24N6O5S/c1-33-16-9-7-15(8-10-16)29-19(11-14-12-20(30)26-22(32)24-14)27-28-23(29)35-13-21(31)25-17-5-3-4-6-18(17)34-2/h3-10,14H,11-13H2,1-2H3,(H,25,31)(H2,24,26,30,32). The number of anilines is 1. The fraction of sp³-hybridized carbons (Fsp3) is 0.261. The Kier molecular flexibility index (Phi) is 7.51. The van der Waals surface area contributed by atoms with E-state index in [-0.39, 0.29) is 30.4 Å². The quantitative estimate of drug-likeness (QED) is 0.384. The number of nitrogens with zero attached hydrogens (tertiary/aromatic N) is 3. The number of thioether (sulfide) groups is 1. The molecule has 4 amide bonds. The zero-order chi connectivity index (χ0) is 24.8. The van der Waals surface area contributed by atoms with Gasteiger partial charge in [0.05, 0.1) is 25.7 Å². The van der Waals surface area contributed by atoms with Crippen LogP contribution in [-0.4, -0.2) is 58.6 Å². The largest absolute Gasteiger partial charge is 0.497 e. The van der Waals surface area contributed by atoms with E-state index in [4.69, 9.17) is 9.47 Å². The Morgan fingerprint density at radius 1 is 1.11 bits per heavy atom. The Bertz CT molecular complexity index is 1210. The van der Waals surface area contributed by atoms with E-state index in [0.29, 0.717) is 28.2 Å². The smallest absolute Gasteiger partial charge is 0.321 e. The lowest BCUT2D eigenvalue weighted by Crippen LogP contribution is -2.53. The van der Waals surface area contributed by atoms with Crippen molar-refractivity contribution in [1.82, 2.24) is 25.4 Å². The van der Waals surface area contributed by atoms with Crippen molar-refractivity contribution in [3.63, 3.8) is 0 Å². The molecule has 1 atom stereocenters. The zero-order valence-electron chi connectivity index (χ0n) is 19.1. The molecule has 2 aromatic carbocycles. The molecule has 182 valence electrons. The number of nitrogens with one attached hydrogen (secondary N) is 3. The van der Waals surface area contributed by atoms with Crippen molar-refractivity contribution in [3.05, 3.63) is 54.4 Å². The molecule has 0 bridgehead atoms. The molecular formula is C23H24N6O5S. The molecule has 1 unspecified atom stereocenters. The van der Waals surface area contributed by atoms with Crippen LogP contribution in [0.2, 0.25) is 0 Å². The van der Waals surface area contributed by atoms with E-state index in [9.17, 15) is 14.4 Å². The minimum absolute atomic E-state index is 0.0783. The number of urea groups is 1. The summed E-state index contributed by atoms with van der Waals surface area (Å²) in [6.45, 7) is 0. The highest BCUT2D eigenvalue weighted by molar-refractivity contribution is 7.99. The topological polar surface area (TPSA) is 136 Å².